The number of aryl methyl sites for hydroxylation is 1. The van der Waals surface area contributed by atoms with Gasteiger partial charge in [0.2, 0.25) is 5.91 Å². The normalized spacial score (nSPS) is 10.2. The maximum atomic E-state index is 11.3. The summed E-state index contributed by atoms with van der Waals surface area (Å²) in [6.45, 7) is 4.12. The van der Waals surface area contributed by atoms with Gasteiger partial charge in [0.1, 0.15) is 0 Å². The summed E-state index contributed by atoms with van der Waals surface area (Å²) in [6, 6.07) is 0. The summed E-state index contributed by atoms with van der Waals surface area (Å²) in [5.41, 5.74) is 1.59. The van der Waals surface area contributed by atoms with Crippen molar-refractivity contribution in [2.45, 2.75) is 26.8 Å². The van der Waals surface area contributed by atoms with E-state index in [1.807, 2.05) is 13.8 Å². The molecule has 0 aliphatic rings. The fourth-order valence-electron chi connectivity index (χ4n) is 1.28. The zero-order valence-electron chi connectivity index (χ0n) is 8.68. The van der Waals surface area contributed by atoms with Gasteiger partial charge in [-0.05, 0) is 13.8 Å². The number of H-pyrrole nitrogens is 1. The van der Waals surface area contributed by atoms with Crippen molar-refractivity contribution >= 4 is 5.91 Å². The van der Waals surface area contributed by atoms with Crippen molar-refractivity contribution in [1.29, 1.82) is 0 Å². The highest BCUT2D eigenvalue weighted by molar-refractivity contribution is 5.75. The number of aromatic nitrogens is 2. The maximum absolute atomic E-state index is 11.3. The minimum atomic E-state index is -0.149. The van der Waals surface area contributed by atoms with E-state index in [0.717, 1.165) is 11.4 Å². The molecule has 14 heavy (non-hydrogen) atoms. The van der Waals surface area contributed by atoms with Gasteiger partial charge in [-0.3, -0.25) is 9.36 Å². The van der Waals surface area contributed by atoms with E-state index in [-0.39, 0.29) is 11.6 Å². The summed E-state index contributed by atoms with van der Waals surface area (Å²) in [6.07, 6.45) is 0.328. The summed E-state index contributed by atoms with van der Waals surface area (Å²) < 4.78 is 1.57. The highest BCUT2D eigenvalue weighted by atomic mass is 16.2. The molecule has 0 aromatic carbocycles. The second kappa shape index (κ2) is 4.13. The number of amides is 1. The van der Waals surface area contributed by atoms with Gasteiger partial charge in [0.15, 0.2) is 0 Å². The van der Waals surface area contributed by atoms with Crippen LogP contribution in [0.2, 0.25) is 0 Å². The highest BCUT2D eigenvalue weighted by Crippen LogP contribution is 2.00. The third-order valence-electron chi connectivity index (χ3n) is 2.33. The number of aromatic amines is 1. The molecule has 0 fully saturated rings. The fraction of sp³-hybridized carbons (Fsp3) is 0.556. The van der Waals surface area contributed by atoms with Gasteiger partial charge >= 0.3 is 5.69 Å². The van der Waals surface area contributed by atoms with Crippen molar-refractivity contribution in [2.24, 2.45) is 0 Å². The van der Waals surface area contributed by atoms with E-state index in [4.69, 9.17) is 0 Å². The van der Waals surface area contributed by atoms with E-state index < -0.39 is 0 Å². The van der Waals surface area contributed by atoms with E-state index in [1.165, 1.54) is 0 Å². The molecular formula is C9H15N3O2. The van der Waals surface area contributed by atoms with Crippen molar-refractivity contribution in [1.82, 2.24) is 14.9 Å². The van der Waals surface area contributed by atoms with Gasteiger partial charge in [0.05, 0.1) is 0 Å². The van der Waals surface area contributed by atoms with E-state index in [2.05, 4.69) is 10.3 Å². The molecule has 1 aromatic heterocycles. The topological polar surface area (TPSA) is 66.9 Å². The Labute approximate surface area is 82.1 Å². The van der Waals surface area contributed by atoms with E-state index in [9.17, 15) is 9.59 Å². The molecule has 1 heterocycles. The zero-order valence-corrected chi connectivity index (χ0v) is 8.68. The second-order valence-electron chi connectivity index (χ2n) is 3.22. The lowest BCUT2D eigenvalue weighted by Crippen LogP contribution is -2.24. The van der Waals surface area contributed by atoms with Crippen LogP contribution < -0.4 is 11.0 Å². The van der Waals surface area contributed by atoms with Gasteiger partial charge in [-0.25, -0.2) is 4.79 Å². The first kappa shape index (κ1) is 10.6. The van der Waals surface area contributed by atoms with Crippen LogP contribution in [0.15, 0.2) is 4.79 Å². The van der Waals surface area contributed by atoms with Crippen molar-refractivity contribution in [3.8, 4) is 0 Å². The number of hydrogen-bond donors (Lipinski definition) is 2. The average molecular weight is 197 g/mol. The summed E-state index contributed by atoms with van der Waals surface area (Å²) >= 11 is 0. The predicted molar refractivity (Wildman–Crippen MR) is 53.2 cm³/mol. The molecule has 5 heteroatoms. The van der Waals surface area contributed by atoms with Gasteiger partial charge in [0, 0.05) is 31.4 Å². The predicted octanol–water partition coefficient (Wildman–Crippen LogP) is -0.0707. The Bertz CT molecular complexity index is 389. The molecule has 0 bridgehead atoms. The lowest BCUT2D eigenvalue weighted by Gasteiger charge is -2.03. The van der Waals surface area contributed by atoms with E-state index in [0.29, 0.717) is 13.0 Å². The largest absolute Gasteiger partial charge is 0.359 e. The Kier molecular flexibility index (Phi) is 3.11. The molecule has 0 spiro atoms. The molecule has 1 aromatic rings. The standard InChI is InChI=1S/C9H15N3O2/c1-6-7(2)12(9(14)11-6)5-4-8(13)10-3/h4-5H2,1-3H3,(H,10,13)(H,11,14). The van der Waals surface area contributed by atoms with Crippen molar-refractivity contribution < 1.29 is 4.79 Å². The Balaban J connectivity index is 2.77. The molecule has 0 aliphatic carbocycles. The highest BCUT2D eigenvalue weighted by Gasteiger charge is 2.07. The third-order valence-corrected chi connectivity index (χ3v) is 2.33. The number of rotatable bonds is 3. The fourth-order valence-corrected chi connectivity index (χ4v) is 1.28. The summed E-state index contributed by atoms with van der Waals surface area (Å²) in [4.78, 5) is 25.0. The Morgan fingerprint density at radius 1 is 1.50 bits per heavy atom. The molecule has 5 nitrogen and oxygen atoms in total. The van der Waals surface area contributed by atoms with Gasteiger partial charge in [-0.2, -0.15) is 0 Å². The van der Waals surface area contributed by atoms with Crippen LogP contribution in [0.1, 0.15) is 17.8 Å². The lowest BCUT2D eigenvalue weighted by molar-refractivity contribution is -0.120. The van der Waals surface area contributed by atoms with Crippen molar-refractivity contribution in [3.05, 3.63) is 21.9 Å². The van der Waals surface area contributed by atoms with E-state index >= 15 is 0 Å². The Hall–Kier alpha value is -1.52. The number of imidazole rings is 1. The minimum Gasteiger partial charge on any atom is -0.359 e. The number of carbonyl (C=O) groups is 1. The first-order valence-electron chi connectivity index (χ1n) is 4.53. The van der Waals surface area contributed by atoms with Crippen LogP contribution in [0.3, 0.4) is 0 Å². The molecule has 0 saturated heterocycles. The number of carbonyl (C=O) groups excluding carboxylic acids is 1. The molecule has 1 rings (SSSR count). The molecule has 1 amide bonds. The molecule has 0 aliphatic heterocycles. The summed E-state index contributed by atoms with van der Waals surface area (Å²) in [5.74, 6) is -0.0600. The first-order chi connectivity index (χ1) is 6.56. The zero-order chi connectivity index (χ0) is 10.7. The van der Waals surface area contributed by atoms with Crippen LogP contribution >= 0.6 is 0 Å². The van der Waals surface area contributed by atoms with Crippen LogP contribution in [-0.4, -0.2) is 22.5 Å². The summed E-state index contributed by atoms with van der Waals surface area (Å²) in [7, 11) is 1.58. The number of hydrogen-bond acceptors (Lipinski definition) is 2. The van der Waals surface area contributed by atoms with Crippen LogP contribution in [0.5, 0.6) is 0 Å². The lowest BCUT2D eigenvalue weighted by atomic mass is 10.3. The smallest absolute Gasteiger partial charge is 0.325 e. The Morgan fingerprint density at radius 2 is 2.14 bits per heavy atom. The molecule has 0 saturated carbocycles. The molecule has 78 valence electrons. The SMILES string of the molecule is CNC(=O)CCn1c(C)c(C)[nH]c1=O. The molecule has 0 atom stereocenters. The van der Waals surface area contributed by atoms with Crippen LogP contribution in [0.25, 0.3) is 0 Å². The maximum Gasteiger partial charge on any atom is 0.325 e. The van der Waals surface area contributed by atoms with Gasteiger partial charge < -0.3 is 10.3 Å². The van der Waals surface area contributed by atoms with Crippen LogP contribution in [-0.2, 0) is 11.3 Å². The minimum absolute atomic E-state index is 0.0600. The second-order valence-corrected chi connectivity index (χ2v) is 3.22. The van der Waals surface area contributed by atoms with Crippen molar-refractivity contribution in [2.75, 3.05) is 7.05 Å². The van der Waals surface area contributed by atoms with Gasteiger partial charge in [-0.1, -0.05) is 0 Å². The van der Waals surface area contributed by atoms with Gasteiger partial charge in [-0.15, -0.1) is 0 Å². The van der Waals surface area contributed by atoms with Crippen LogP contribution in [0.4, 0.5) is 0 Å². The van der Waals surface area contributed by atoms with Crippen molar-refractivity contribution in [3.63, 3.8) is 0 Å². The number of nitrogens with zero attached hydrogens (tertiary/aromatic N) is 1. The quantitative estimate of drug-likeness (QED) is 0.712. The number of nitrogens with one attached hydrogen (secondary N) is 2. The molecule has 0 radical (unpaired) electrons. The third kappa shape index (κ3) is 2.04. The van der Waals surface area contributed by atoms with E-state index in [1.54, 1.807) is 11.6 Å². The van der Waals surface area contributed by atoms with Crippen LogP contribution in [0, 0.1) is 13.8 Å². The molecular weight excluding hydrogens is 182 g/mol. The molecule has 2 N–H and O–H groups in total. The molecule has 0 unspecified atom stereocenters. The average Bonchev–Trinajstić information content (AvgIpc) is 2.39. The summed E-state index contributed by atoms with van der Waals surface area (Å²) in [5, 5.41) is 2.52. The Morgan fingerprint density at radius 3 is 2.57 bits per heavy atom. The van der Waals surface area contributed by atoms with Gasteiger partial charge in [0.25, 0.3) is 0 Å². The monoisotopic (exact) mass is 197 g/mol. The first-order valence-corrected chi connectivity index (χ1v) is 4.53.